The first-order chi connectivity index (χ1) is 10.3. The van der Waals surface area contributed by atoms with Crippen LogP contribution in [0.15, 0.2) is 24.3 Å². The van der Waals surface area contributed by atoms with Gasteiger partial charge in [-0.1, -0.05) is 22.9 Å². The van der Waals surface area contributed by atoms with E-state index in [-0.39, 0.29) is 6.61 Å². The van der Waals surface area contributed by atoms with Gasteiger partial charge in [-0.05, 0) is 31.9 Å². The molecule has 0 atom stereocenters. The van der Waals surface area contributed by atoms with E-state index in [9.17, 15) is 5.11 Å². The lowest BCUT2D eigenvalue weighted by Crippen LogP contribution is -2.09. The quantitative estimate of drug-likeness (QED) is 0.795. The van der Waals surface area contributed by atoms with Crippen LogP contribution in [-0.4, -0.2) is 26.7 Å². The highest BCUT2D eigenvalue weighted by molar-refractivity contribution is 5.26. The van der Waals surface area contributed by atoms with Gasteiger partial charge in [0.25, 0.3) is 0 Å². The molecule has 1 N–H and O–H groups in total. The molecule has 21 heavy (non-hydrogen) atoms. The highest BCUT2D eigenvalue weighted by Gasteiger charge is 2.30. The molecule has 1 aromatic carbocycles. The van der Waals surface area contributed by atoms with Crippen molar-refractivity contribution in [2.45, 2.75) is 45.3 Å². The highest BCUT2D eigenvalue weighted by atomic mass is 16.5. The summed E-state index contributed by atoms with van der Waals surface area (Å²) in [6.45, 7) is 3.48. The smallest absolute Gasteiger partial charge is 0.119 e. The van der Waals surface area contributed by atoms with Crippen LogP contribution in [0.3, 0.4) is 0 Å². The number of hydrogen-bond donors (Lipinski definition) is 1. The van der Waals surface area contributed by atoms with Crippen molar-refractivity contribution in [3.05, 3.63) is 41.2 Å². The molecule has 5 nitrogen and oxygen atoms in total. The Balaban J connectivity index is 1.51. The lowest BCUT2D eigenvalue weighted by Gasteiger charge is -2.08. The third-order valence-electron chi connectivity index (χ3n) is 3.76. The first kappa shape index (κ1) is 14.1. The van der Waals surface area contributed by atoms with Crippen LogP contribution >= 0.6 is 0 Å². The average molecular weight is 287 g/mol. The summed E-state index contributed by atoms with van der Waals surface area (Å²) in [6, 6.07) is 8.07. The van der Waals surface area contributed by atoms with Crippen LogP contribution < -0.4 is 4.74 Å². The van der Waals surface area contributed by atoms with Gasteiger partial charge in [0.2, 0.25) is 0 Å². The van der Waals surface area contributed by atoms with Crippen molar-refractivity contribution in [2.24, 2.45) is 0 Å². The second-order valence-electron chi connectivity index (χ2n) is 5.59. The van der Waals surface area contributed by atoms with Crippen LogP contribution in [0.25, 0.3) is 0 Å². The first-order valence-electron chi connectivity index (χ1n) is 7.50. The molecule has 5 heteroatoms. The van der Waals surface area contributed by atoms with Crippen molar-refractivity contribution >= 4 is 0 Å². The van der Waals surface area contributed by atoms with E-state index in [2.05, 4.69) is 17.2 Å². The summed E-state index contributed by atoms with van der Waals surface area (Å²) in [4.78, 5) is 0. The fourth-order valence-electron chi connectivity index (χ4n) is 2.48. The molecule has 1 aliphatic rings. The molecule has 1 heterocycles. The Morgan fingerprint density at radius 1 is 1.29 bits per heavy atom. The lowest BCUT2D eigenvalue weighted by molar-refractivity contribution is 0.275. The summed E-state index contributed by atoms with van der Waals surface area (Å²) in [5, 5.41) is 17.5. The van der Waals surface area contributed by atoms with E-state index in [1.54, 1.807) is 0 Å². The van der Waals surface area contributed by atoms with Crippen LogP contribution in [-0.2, 0) is 13.2 Å². The number of benzene rings is 1. The molecule has 112 valence electrons. The fraction of sp³-hybridized carbons (Fsp3) is 0.500. The van der Waals surface area contributed by atoms with E-state index < -0.39 is 0 Å². The molecule has 3 rings (SSSR count). The van der Waals surface area contributed by atoms with Gasteiger partial charge in [-0.15, -0.1) is 5.10 Å². The summed E-state index contributed by atoms with van der Waals surface area (Å²) in [5.74, 6) is 1.44. The predicted molar refractivity (Wildman–Crippen MR) is 79.2 cm³/mol. The minimum absolute atomic E-state index is 0.0221. The molecular weight excluding hydrogens is 266 g/mol. The van der Waals surface area contributed by atoms with Crippen molar-refractivity contribution in [1.82, 2.24) is 15.0 Å². The molecule has 1 fully saturated rings. The first-order valence-corrected chi connectivity index (χ1v) is 7.50. The Labute approximate surface area is 124 Å². The maximum absolute atomic E-state index is 9.31. The van der Waals surface area contributed by atoms with E-state index in [1.807, 2.05) is 28.9 Å². The number of ether oxygens (including phenoxy) is 1. The van der Waals surface area contributed by atoms with Crippen LogP contribution in [0.5, 0.6) is 5.75 Å². The van der Waals surface area contributed by atoms with Crippen molar-refractivity contribution in [2.75, 3.05) is 6.61 Å². The Hall–Kier alpha value is -1.88. The van der Waals surface area contributed by atoms with Gasteiger partial charge in [0.05, 0.1) is 18.9 Å². The van der Waals surface area contributed by atoms with Crippen molar-refractivity contribution in [1.29, 1.82) is 0 Å². The van der Waals surface area contributed by atoms with Gasteiger partial charge >= 0.3 is 0 Å². The summed E-state index contributed by atoms with van der Waals surface area (Å²) in [5.41, 5.74) is 3.08. The topological polar surface area (TPSA) is 60.2 Å². The Kier molecular flexibility index (Phi) is 4.20. The molecule has 0 spiro atoms. The van der Waals surface area contributed by atoms with E-state index in [0.717, 1.165) is 30.1 Å². The minimum atomic E-state index is -0.0221. The highest BCUT2D eigenvalue weighted by Crippen LogP contribution is 2.41. The molecular formula is C16H21N3O2. The maximum Gasteiger partial charge on any atom is 0.119 e. The summed E-state index contributed by atoms with van der Waals surface area (Å²) < 4.78 is 7.65. The number of aromatic nitrogens is 3. The second kappa shape index (κ2) is 6.26. The van der Waals surface area contributed by atoms with Crippen LogP contribution in [0.1, 0.15) is 42.1 Å². The Bertz CT molecular complexity index is 588. The van der Waals surface area contributed by atoms with Crippen LogP contribution in [0.2, 0.25) is 0 Å². The molecule has 2 aromatic rings. The van der Waals surface area contributed by atoms with E-state index >= 15 is 0 Å². The zero-order valence-electron chi connectivity index (χ0n) is 12.3. The molecule has 1 aliphatic carbocycles. The number of rotatable bonds is 7. The molecule has 1 aromatic heterocycles. The molecule has 0 saturated heterocycles. The second-order valence-corrected chi connectivity index (χ2v) is 5.59. The SMILES string of the molecule is Cc1ccc(OCCCn2nnc(CO)c2C2CC2)cc1. The molecule has 0 bridgehead atoms. The van der Waals surface area contributed by atoms with Crippen molar-refractivity contribution < 1.29 is 9.84 Å². The summed E-state index contributed by atoms with van der Waals surface area (Å²) in [6.07, 6.45) is 3.24. The Morgan fingerprint density at radius 3 is 2.71 bits per heavy atom. The minimum Gasteiger partial charge on any atom is -0.494 e. The zero-order valence-corrected chi connectivity index (χ0v) is 12.3. The van der Waals surface area contributed by atoms with Gasteiger partial charge in [-0.25, -0.2) is 4.68 Å². The number of aliphatic hydroxyl groups is 1. The van der Waals surface area contributed by atoms with Gasteiger partial charge in [0, 0.05) is 18.9 Å². The normalized spacial score (nSPS) is 14.4. The Morgan fingerprint density at radius 2 is 2.05 bits per heavy atom. The third kappa shape index (κ3) is 3.42. The number of nitrogens with zero attached hydrogens (tertiary/aromatic N) is 3. The van der Waals surface area contributed by atoms with Gasteiger partial charge in [0.15, 0.2) is 0 Å². The number of hydrogen-bond acceptors (Lipinski definition) is 4. The molecule has 0 radical (unpaired) electrons. The van der Waals surface area contributed by atoms with Crippen molar-refractivity contribution in [3.63, 3.8) is 0 Å². The van der Waals surface area contributed by atoms with Crippen molar-refractivity contribution in [3.8, 4) is 5.75 Å². The number of aliphatic hydroxyl groups excluding tert-OH is 1. The summed E-state index contributed by atoms with van der Waals surface area (Å²) in [7, 11) is 0. The third-order valence-corrected chi connectivity index (χ3v) is 3.76. The zero-order chi connectivity index (χ0) is 14.7. The largest absolute Gasteiger partial charge is 0.494 e. The van der Waals surface area contributed by atoms with E-state index in [1.165, 1.54) is 18.4 Å². The van der Waals surface area contributed by atoms with Gasteiger partial charge in [-0.3, -0.25) is 0 Å². The standard InChI is InChI=1S/C16H21N3O2/c1-12-3-7-14(8-4-12)21-10-2-9-19-16(13-5-6-13)15(11-20)17-18-19/h3-4,7-8,13,20H,2,5-6,9-11H2,1H3. The molecule has 0 amide bonds. The predicted octanol–water partition coefficient (Wildman–Crippen LogP) is 2.43. The van der Waals surface area contributed by atoms with E-state index in [0.29, 0.717) is 12.5 Å². The monoisotopic (exact) mass is 287 g/mol. The van der Waals surface area contributed by atoms with Gasteiger partial charge < -0.3 is 9.84 Å². The van der Waals surface area contributed by atoms with Gasteiger partial charge in [0.1, 0.15) is 11.4 Å². The molecule has 0 aliphatic heterocycles. The van der Waals surface area contributed by atoms with Crippen LogP contribution in [0.4, 0.5) is 0 Å². The number of aryl methyl sites for hydroxylation is 2. The summed E-state index contributed by atoms with van der Waals surface area (Å²) >= 11 is 0. The average Bonchev–Trinajstić information content (AvgIpc) is 3.26. The maximum atomic E-state index is 9.31. The molecule has 0 unspecified atom stereocenters. The fourth-order valence-corrected chi connectivity index (χ4v) is 2.48. The lowest BCUT2D eigenvalue weighted by atomic mass is 10.2. The van der Waals surface area contributed by atoms with Crippen LogP contribution in [0, 0.1) is 6.92 Å². The van der Waals surface area contributed by atoms with E-state index in [4.69, 9.17) is 4.74 Å². The molecule has 1 saturated carbocycles. The van der Waals surface area contributed by atoms with Gasteiger partial charge in [-0.2, -0.15) is 0 Å².